The largest absolute Gasteiger partial charge is 0.313 e. The van der Waals surface area contributed by atoms with Crippen LogP contribution in [0.5, 0.6) is 0 Å². The van der Waals surface area contributed by atoms with E-state index in [1.165, 1.54) is 11.6 Å². The Hall–Kier alpha value is -1.38. The summed E-state index contributed by atoms with van der Waals surface area (Å²) in [7, 11) is 0. The molecule has 0 aliphatic heterocycles. The van der Waals surface area contributed by atoms with E-state index >= 15 is 0 Å². The molecule has 0 heterocycles. The quantitative estimate of drug-likeness (QED) is 0.780. The fourth-order valence-electron chi connectivity index (χ4n) is 1.96. The van der Waals surface area contributed by atoms with Crippen LogP contribution in [0.2, 0.25) is 5.02 Å². The molecule has 0 fully saturated rings. The van der Waals surface area contributed by atoms with Crippen LogP contribution >= 0.6 is 11.6 Å². The van der Waals surface area contributed by atoms with Crippen molar-refractivity contribution < 1.29 is 4.39 Å². The van der Waals surface area contributed by atoms with Crippen molar-refractivity contribution in [3.8, 4) is 0 Å². The number of hydrogen-bond acceptors (Lipinski definition) is 1. The van der Waals surface area contributed by atoms with Crippen LogP contribution in [0, 0.1) is 5.82 Å². The van der Waals surface area contributed by atoms with E-state index in [2.05, 4.69) is 17.4 Å². The van der Waals surface area contributed by atoms with Crippen LogP contribution in [0.15, 0.2) is 48.5 Å². The van der Waals surface area contributed by atoms with Crippen LogP contribution in [0.25, 0.3) is 0 Å². The summed E-state index contributed by atoms with van der Waals surface area (Å²) in [5, 5.41) is 3.81. The predicted octanol–water partition coefficient (Wildman–Crippen LogP) is 4.20. The Kier molecular flexibility index (Phi) is 5.37. The summed E-state index contributed by atoms with van der Waals surface area (Å²) in [6.45, 7) is 1.38. The second kappa shape index (κ2) is 7.27. The van der Waals surface area contributed by atoms with Crippen molar-refractivity contribution in [1.82, 2.24) is 5.32 Å². The number of rotatable bonds is 6. The molecule has 0 amide bonds. The lowest BCUT2D eigenvalue weighted by molar-refractivity contribution is 0.582. The van der Waals surface area contributed by atoms with Gasteiger partial charge in [-0.2, -0.15) is 0 Å². The van der Waals surface area contributed by atoms with Gasteiger partial charge in [0.15, 0.2) is 0 Å². The van der Waals surface area contributed by atoms with Crippen LogP contribution in [0.4, 0.5) is 4.39 Å². The molecule has 3 heteroatoms. The van der Waals surface area contributed by atoms with Gasteiger partial charge in [-0.15, -0.1) is 0 Å². The molecule has 0 saturated heterocycles. The van der Waals surface area contributed by atoms with E-state index < -0.39 is 0 Å². The second-order valence-electron chi connectivity index (χ2n) is 4.50. The molecule has 1 nitrogen and oxygen atoms in total. The first-order valence-corrected chi connectivity index (χ1v) is 6.82. The highest BCUT2D eigenvalue weighted by atomic mass is 35.5. The van der Waals surface area contributed by atoms with Crippen LogP contribution in [-0.2, 0) is 13.0 Å². The Bertz CT molecular complexity index is 513. The Morgan fingerprint density at radius 1 is 1.05 bits per heavy atom. The highest BCUT2D eigenvalue weighted by Gasteiger charge is 2.02. The summed E-state index contributed by atoms with van der Waals surface area (Å²) in [4.78, 5) is 0. The molecular weight excluding hydrogens is 261 g/mol. The van der Waals surface area contributed by atoms with Crippen molar-refractivity contribution in [2.75, 3.05) is 6.54 Å². The van der Waals surface area contributed by atoms with Crippen molar-refractivity contribution in [3.63, 3.8) is 0 Å². The zero-order valence-corrected chi connectivity index (χ0v) is 11.5. The van der Waals surface area contributed by atoms with Gasteiger partial charge in [0.2, 0.25) is 0 Å². The molecule has 0 aliphatic carbocycles. The normalized spacial score (nSPS) is 10.6. The van der Waals surface area contributed by atoms with E-state index in [4.69, 9.17) is 11.6 Å². The first-order valence-electron chi connectivity index (χ1n) is 6.44. The summed E-state index contributed by atoms with van der Waals surface area (Å²) >= 11 is 5.84. The molecule has 0 atom stereocenters. The standard InChI is InChI=1S/C16H17ClFN/c17-15-8-9-16(18)14(11-15)12-19-10-4-7-13-5-2-1-3-6-13/h1-3,5-6,8-9,11,19H,4,7,10,12H2. The molecule has 0 aliphatic rings. The van der Waals surface area contributed by atoms with E-state index in [0.29, 0.717) is 17.1 Å². The van der Waals surface area contributed by atoms with Gasteiger partial charge in [-0.25, -0.2) is 4.39 Å². The van der Waals surface area contributed by atoms with E-state index in [0.717, 1.165) is 19.4 Å². The Labute approximate surface area is 118 Å². The lowest BCUT2D eigenvalue weighted by Crippen LogP contribution is -2.16. The van der Waals surface area contributed by atoms with Crippen molar-refractivity contribution in [1.29, 1.82) is 0 Å². The Morgan fingerprint density at radius 3 is 2.63 bits per heavy atom. The van der Waals surface area contributed by atoms with Gasteiger partial charge in [0.1, 0.15) is 5.82 Å². The number of benzene rings is 2. The van der Waals surface area contributed by atoms with Gasteiger partial charge < -0.3 is 5.32 Å². The van der Waals surface area contributed by atoms with Gasteiger partial charge in [-0.1, -0.05) is 41.9 Å². The van der Waals surface area contributed by atoms with Crippen molar-refractivity contribution >= 4 is 11.6 Å². The molecule has 2 aromatic rings. The second-order valence-corrected chi connectivity index (χ2v) is 4.94. The zero-order valence-electron chi connectivity index (χ0n) is 10.7. The minimum atomic E-state index is -0.208. The van der Waals surface area contributed by atoms with Gasteiger partial charge in [-0.3, -0.25) is 0 Å². The van der Waals surface area contributed by atoms with Crippen LogP contribution in [0.3, 0.4) is 0 Å². The first kappa shape index (κ1) is 14.0. The monoisotopic (exact) mass is 277 g/mol. The minimum absolute atomic E-state index is 0.208. The molecule has 0 unspecified atom stereocenters. The molecule has 2 rings (SSSR count). The first-order chi connectivity index (χ1) is 9.25. The summed E-state index contributed by atoms with van der Waals surface area (Å²) in [6, 6.07) is 15.0. The number of nitrogens with one attached hydrogen (secondary N) is 1. The molecular formula is C16H17ClFN. The van der Waals surface area contributed by atoms with Gasteiger partial charge in [0.05, 0.1) is 0 Å². The molecule has 0 bridgehead atoms. The van der Waals surface area contributed by atoms with Gasteiger partial charge >= 0.3 is 0 Å². The fourth-order valence-corrected chi connectivity index (χ4v) is 2.16. The summed E-state index contributed by atoms with van der Waals surface area (Å²) in [6.07, 6.45) is 2.07. The number of halogens is 2. The average molecular weight is 278 g/mol. The predicted molar refractivity (Wildman–Crippen MR) is 77.9 cm³/mol. The number of aryl methyl sites for hydroxylation is 1. The van der Waals surface area contributed by atoms with E-state index in [1.807, 2.05) is 18.2 Å². The lowest BCUT2D eigenvalue weighted by atomic mass is 10.1. The topological polar surface area (TPSA) is 12.0 Å². The molecule has 0 radical (unpaired) electrons. The van der Waals surface area contributed by atoms with Gasteiger partial charge in [0, 0.05) is 17.1 Å². The van der Waals surface area contributed by atoms with Crippen molar-refractivity contribution in [3.05, 3.63) is 70.5 Å². The summed E-state index contributed by atoms with van der Waals surface area (Å²) in [5.74, 6) is -0.208. The smallest absolute Gasteiger partial charge is 0.127 e. The fraction of sp³-hybridized carbons (Fsp3) is 0.250. The SMILES string of the molecule is Fc1ccc(Cl)cc1CNCCCc1ccccc1. The Balaban J connectivity index is 1.71. The highest BCUT2D eigenvalue weighted by molar-refractivity contribution is 6.30. The molecule has 0 aromatic heterocycles. The molecule has 2 aromatic carbocycles. The maximum atomic E-state index is 13.4. The van der Waals surface area contributed by atoms with Crippen molar-refractivity contribution in [2.24, 2.45) is 0 Å². The molecule has 0 saturated carbocycles. The van der Waals surface area contributed by atoms with Gasteiger partial charge in [-0.05, 0) is 43.1 Å². The molecule has 100 valence electrons. The van der Waals surface area contributed by atoms with E-state index in [-0.39, 0.29) is 5.82 Å². The third-order valence-corrected chi connectivity index (χ3v) is 3.22. The van der Waals surface area contributed by atoms with E-state index in [1.54, 1.807) is 12.1 Å². The van der Waals surface area contributed by atoms with Crippen LogP contribution in [-0.4, -0.2) is 6.54 Å². The Morgan fingerprint density at radius 2 is 1.84 bits per heavy atom. The maximum absolute atomic E-state index is 13.4. The third-order valence-electron chi connectivity index (χ3n) is 2.99. The third kappa shape index (κ3) is 4.66. The number of hydrogen-bond donors (Lipinski definition) is 1. The summed E-state index contributed by atoms with van der Waals surface area (Å²) in [5.41, 5.74) is 1.95. The van der Waals surface area contributed by atoms with E-state index in [9.17, 15) is 4.39 Å². The van der Waals surface area contributed by atoms with Crippen LogP contribution in [0.1, 0.15) is 17.5 Å². The molecule has 0 spiro atoms. The minimum Gasteiger partial charge on any atom is -0.313 e. The van der Waals surface area contributed by atoms with Crippen LogP contribution < -0.4 is 5.32 Å². The molecule has 1 N–H and O–H groups in total. The zero-order chi connectivity index (χ0) is 13.5. The highest BCUT2D eigenvalue weighted by Crippen LogP contribution is 2.14. The maximum Gasteiger partial charge on any atom is 0.127 e. The van der Waals surface area contributed by atoms with Crippen molar-refractivity contribution in [2.45, 2.75) is 19.4 Å². The summed E-state index contributed by atoms with van der Waals surface area (Å²) < 4.78 is 13.4. The average Bonchev–Trinajstić information content (AvgIpc) is 2.43. The lowest BCUT2D eigenvalue weighted by Gasteiger charge is -2.06. The molecule has 19 heavy (non-hydrogen) atoms. The van der Waals surface area contributed by atoms with Gasteiger partial charge in [0.25, 0.3) is 0 Å².